The van der Waals surface area contributed by atoms with E-state index in [-0.39, 0.29) is 0 Å². The highest BCUT2D eigenvalue weighted by Gasteiger charge is 2.21. The van der Waals surface area contributed by atoms with E-state index in [9.17, 15) is 0 Å². The van der Waals surface area contributed by atoms with Crippen LogP contribution in [0.3, 0.4) is 0 Å². The number of rotatable bonds is 5. The molecule has 0 bridgehead atoms. The molecule has 10 rings (SSSR count). The van der Waals surface area contributed by atoms with Gasteiger partial charge < -0.3 is 4.42 Å². The van der Waals surface area contributed by atoms with Crippen molar-refractivity contribution in [3.05, 3.63) is 176 Å². The first-order chi connectivity index (χ1) is 25.3. The Kier molecular flexibility index (Phi) is 6.78. The number of aromatic nitrogens is 3. The van der Waals surface area contributed by atoms with Gasteiger partial charge in [-0.2, -0.15) is 0 Å². The minimum absolute atomic E-state index is 0.615. The van der Waals surface area contributed by atoms with Crippen molar-refractivity contribution < 1.29 is 4.42 Å². The average molecular weight is 652 g/mol. The van der Waals surface area contributed by atoms with Crippen molar-refractivity contribution in [3.63, 3.8) is 0 Å². The number of furan rings is 1. The van der Waals surface area contributed by atoms with Crippen LogP contribution in [0.1, 0.15) is 0 Å². The molecular weight excluding hydrogens is 623 g/mol. The van der Waals surface area contributed by atoms with E-state index in [0.717, 1.165) is 60.5 Å². The summed E-state index contributed by atoms with van der Waals surface area (Å²) in [5.41, 5.74) is 9.05. The quantitative estimate of drug-likeness (QED) is 0.186. The number of para-hydroxylation sites is 1. The van der Waals surface area contributed by atoms with Crippen LogP contribution in [-0.4, -0.2) is 15.0 Å². The van der Waals surface area contributed by atoms with E-state index in [1.165, 1.54) is 21.9 Å². The first kappa shape index (κ1) is 29.0. The largest absolute Gasteiger partial charge is 0.455 e. The fourth-order valence-electron chi connectivity index (χ4n) is 7.20. The van der Waals surface area contributed by atoms with E-state index in [1.54, 1.807) is 0 Å². The molecule has 0 spiro atoms. The molecule has 0 radical (unpaired) electrons. The molecule has 4 heteroatoms. The lowest BCUT2D eigenvalue weighted by molar-refractivity contribution is 0.673. The highest BCUT2D eigenvalue weighted by molar-refractivity contribution is 6.22. The third-order valence-electron chi connectivity index (χ3n) is 9.72. The zero-order valence-electron chi connectivity index (χ0n) is 27.5. The van der Waals surface area contributed by atoms with Crippen LogP contribution in [0.15, 0.2) is 180 Å². The fourth-order valence-corrected chi connectivity index (χ4v) is 7.20. The number of fused-ring (bicyclic) bond motifs is 6. The molecule has 4 nitrogen and oxygen atoms in total. The number of hydrogen-bond acceptors (Lipinski definition) is 4. The van der Waals surface area contributed by atoms with Crippen molar-refractivity contribution in [2.24, 2.45) is 0 Å². The van der Waals surface area contributed by atoms with Crippen LogP contribution in [0.5, 0.6) is 0 Å². The van der Waals surface area contributed by atoms with E-state index < -0.39 is 0 Å². The van der Waals surface area contributed by atoms with Gasteiger partial charge in [-0.05, 0) is 56.6 Å². The standard InChI is InChI=1S/C47H29N3O/c1-3-13-33(14-4-1)45-48-46(34-15-5-2-6-16-34)50-47(49-45)41-29-40-38-18-9-10-21-42(38)51-44(40)43-37(19-11-20-39(41)43)32-25-22-31(23-26-32)36-27-24-30-12-7-8-17-35(30)28-36/h1-29H. The highest BCUT2D eigenvalue weighted by atomic mass is 16.3. The summed E-state index contributed by atoms with van der Waals surface area (Å²) in [6, 6.07) is 61.1. The molecule has 0 fully saturated rings. The van der Waals surface area contributed by atoms with E-state index in [2.05, 4.69) is 103 Å². The lowest BCUT2D eigenvalue weighted by atomic mass is 9.92. The van der Waals surface area contributed by atoms with Crippen molar-refractivity contribution in [3.8, 4) is 56.4 Å². The van der Waals surface area contributed by atoms with Gasteiger partial charge >= 0.3 is 0 Å². The maximum Gasteiger partial charge on any atom is 0.164 e. The van der Waals surface area contributed by atoms with Gasteiger partial charge in [0.1, 0.15) is 11.2 Å². The lowest BCUT2D eigenvalue weighted by Gasteiger charge is -2.14. The smallest absolute Gasteiger partial charge is 0.164 e. The Morgan fingerprint density at radius 3 is 1.67 bits per heavy atom. The van der Waals surface area contributed by atoms with Crippen LogP contribution < -0.4 is 0 Å². The molecule has 0 amide bonds. The van der Waals surface area contributed by atoms with Crippen molar-refractivity contribution in [2.75, 3.05) is 0 Å². The van der Waals surface area contributed by atoms with Crippen LogP contribution in [0.4, 0.5) is 0 Å². The van der Waals surface area contributed by atoms with Gasteiger partial charge in [-0.15, -0.1) is 0 Å². The highest BCUT2D eigenvalue weighted by Crippen LogP contribution is 2.43. The Labute approximate surface area is 294 Å². The Morgan fingerprint density at radius 1 is 0.333 bits per heavy atom. The summed E-state index contributed by atoms with van der Waals surface area (Å²) in [7, 11) is 0. The minimum atomic E-state index is 0.615. The molecule has 2 heterocycles. The zero-order valence-corrected chi connectivity index (χ0v) is 27.5. The Balaban J connectivity index is 1.21. The lowest BCUT2D eigenvalue weighted by Crippen LogP contribution is -2.00. The molecule has 238 valence electrons. The van der Waals surface area contributed by atoms with Crippen LogP contribution in [0.25, 0.3) is 99.9 Å². The van der Waals surface area contributed by atoms with Crippen molar-refractivity contribution in [2.45, 2.75) is 0 Å². The van der Waals surface area contributed by atoms with E-state index in [1.807, 2.05) is 72.8 Å². The molecule has 0 saturated carbocycles. The molecule has 0 N–H and O–H groups in total. The van der Waals surface area contributed by atoms with Gasteiger partial charge in [-0.3, -0.25) is 0 Å². The van der Waals surface area contributed by atoms with E-state index in [0.29, 0.717) is 17.5 Å². The average Bonchev–Trinajstić information content (AvgIpc) is 3.59. The molecule has 8 aromatic carbocycles. The van der Waals surface area contributed by atoms with Gasteiger partial charge in [0.25, 0.3) is 0 Å². The molecule has 10 aromatic rings. The van der Waals surface area contributed by atoms with E-state index in [4.69, 9.17) is 19.4 Å². The Bertz CT molecular complexity index is 2840. The summed E-state index contributed by atoms with van der Waals surface area (Å²) in [6.07, 6.45) is 0. The molecule has 0 atom stereocenters. The van der Waals surface area contributed by atoms with Crippen LogP contribution >= 0.6 is 0 Å². The van der Waals surface area contributed by atoms with Crippen LogP contribution in [-0.2, 0) is 0 Å². The first-order valence-electron chi connectivity index (χ1n) is 17.1. The minimum Gasteiger partial charge on any atom is -0.455 e. The molecule has 0 aliphatic heterocycles. The normalized spacial score (nSPS) is 11.5. The molecule has 51 heavy (non-hydrogen) atoms. The Hall–Kier alpha value is -6.91. The third-order valence-corrected chi connectivity index (χ3v) is 9.72. The van der Waals surface area contributed by atoms with Gasteiger partial charge in [-0.25, -0.2) is 15.0 Å². The molecular formula is C47H29N3O. The summed E-state index contributed by atoms with van der Waals surface area (Å²) in [5, 5.41) is 6.60. The summed E-state index contributed by atoms with van der Waals surface area (Å²) in [5.74, 6) is 1.87. The summed E-state index contributed by atoms with van der Waals surface area (Å²) < 4.78 is 6.69. The molecule has 2 aromatic heterocycles. The van der Waals surface area contributed by atoms with Gasteiger partial charge in [0.15, 0.2) is 17.5 Å². The van der Waals surface area contributed by atoms with Crippen molar-refractivity contribution >= 4 is 43.5 Å². The van der Waals surface area contributed by atoms with Crippen molar-refractivity contribution in [1.29, 1.82) is 0 Å². The number of hydrogen-bond donors (Lipinski definition) is 0. The topological polar surface area (TPSA) is 51.8 Å². The SMILES string of the molecule is c1ccc(-c2nc(-c3ccccc3)nc(-c3cc4c5ccccc5oc4c4c(-c5ccc(-c6ccc7ccccc7c6)cc5)cccc34)n2)cc1. The maximum atomic E-state index is 6.69. The van der Waals surface area contributed by atoms with Gasteiger partial charge in [0, 0.05) is 32.8 Å². The third kappa shape index (κ3) is 5.04. The van der Waals surface area contributed by atoms with Crippen LogP contribution in [0, 0.1) is 0 Å². The maximum absolute atomic E-state index is 6.69. The Morgan fingerprint density at radius 2 is 0.922 bits per heavy atom. The molecule has 0 saturated heterocycles. The molecule has 0 unspecified atom stereocenters. The van der Waals surface area contributed by atoms with Crippen LogP contribution in [0.2, 0.25) is 0 Å². The van der Waals surface area contributed by atoms with E-state index >= 15 is 0 Å². The van der Waals surface area contributed by atoms with Crippen molar-refractivity contribution in [1.82, 2.24) is 15.0 Å². The second-order valence-corrected chi connectivity index (χ2v) is 12.8. The monoisotopic (exact) mass is 651 g/mol. The second kappa shape index (κ2) is 11.9. The number of nitrogens with zero attached hydrogens (tertiary/aromatic N) is 3. The fraction of sp³-hybridized carbons (Fsp3) is 0. The van der Waals surface area contributed by atoms with Gasteiger partial charge in [-0.1, -0.05) is 158 Å². The predicted octanol–water partition coefficient (Wildman–Crippen LogP) is 12.4. The second-order valence-electron chi connectivity index (χ2n) is 12.8. The summed E-state index contributed by atoms with van der Waals surface area (Å²) in [6.45, 7) is 0. The van der Waals surface area contributed by atoms with Gasteiger partial charge in [0.2, 0.25) is 0 Å². The predicted molar refractivity (Wildman–Crippen MR) is 209 cm³/mol. The summed E-state index contributed by atoms with van der Waals surface area (Å²) >= 11 is 0. The van der Waals surface area contributed by atoms with Gasteiger partial charge in [0.05, 0.1) is 0 Å². The zero-order chi connectivity index (χ0) is 33.7. The first-order valence-corrected chi connectivity index (χ1v) is 17.1. The molecule has 0 aliphatic carbocycles. The number of benzene rings is 8. The molecule has 0 aliphatic rings. The summed E-state index contributed by atoms with van der Waals surface area (Å²) in [4.78, 5) is 15.2.